The molecule has 1 aromatic rings. The van der Waals surface area contributed by atoms with Crippen LogP contribution in [0.15, 0.2) is 34.4 Å². The molecule has 20 heavy (non-hydrogen) atoms. The van der Waals surface area contributed by atoms with Crippen molar-refractivity contribution in [2.45, 2.75) is 24.7 Å². The van der Waals surface area contributed by atoms with Gasteiger partial charge in [0.2, 0.25) is 0 Å². The smallest absolute Gasteiger partial charge is 0.323 e. The highest BCUT2D eigenvalue weighted by molar-refractivity contribution is 9.10. The van der Waals surface area contributed by atoms with E-state index < -0.39 is 23.6 Å². The predicted octanol–water partition coefficient (Wildman–Crippen LogP) is 2.68. The lowest BCUT2D eigenvalue weighted by Crippen LogP contribution is -2.45. The number of hydrazine groups is 1. The second-order valence-corrected chi connectivity index (χ2v) is 5.61. The summed E-state index contributed by atoms with van der Waals surface area (Å²) in [6, 6.07) is 2.28. The molecule has 2 rings (SSSR count). The van der Waals surface area contributed by atoms with Gasteiger partial charge in [0.25, 0.3) is 0 Å². The van der Waals surface area contributed by atoms with Crippen molar-refractivity contribution in [2.75, 3.05) is 0 Å². The van der Waals surface area contributed by atoms with Crippen molar-refractivity contribution >= 4 is 15.9 Å². The van der Waals surface area contributed by atoms with E-state index in [0.717, 1.165) is 6.08 Å². The van der Waals surface area contributed by atoms with Gasteiger partial charge in [-0.1, -0.05) is 15.9 Å². The summed E-state index contributed by atoms with van der Waals surface area (Å²) in [5, 5.41) is 0. The second-order valence-electron chi connectivity index (χ2n) is 4.70. The van der Waals surface area contributed by atoms with Crippen molar-refractivity contribution in [1.29, 1.82) is 0 Å². The van der Waals surface area contributed by atoms with Crippen molar-refractivity contribution in [3.63, 3.8) is 0 Å². The molecular formula is C12H12BrF4N3. The molecule has 1 aromatic carbocycles. The quantitative estimate of drug-likeness (QED) is 0.716. The Balaban J connectivity index is 2.38. The van der Waals surface area contributed by atoms with Crippen LogP contribution in [0.4, 0.5) is 17.6 Å². The van der Waals surface area contributed by atoms with Crippen LogP contribution < -0.4 is 16.6 Å². The molecule has 110 valence electrons. The van der Waals surface area contributed by atoms with Crippen LogP contribution in [0, 0.1) is 5.82 Å². The van der Waals surface area contributed by atoms with E-state index in [2.05, 4.69) is 26.8 Å². The first-order chi connectivity index (χ1) is 9.12. The number of alkyl halides is 3. The SMILES string of the molecule is CC(N)(C1=CC(C(F)(F)F)NN1)c1cc(Br)ccc1F. The lowest BCUT2D eigenvalue weighted by Gasteiger charge is -2.27. The Morgan fingerprint density at radius 3 is 2.50 bits per heavy atom. The van der Waals surface area contributed by atoms with E-state index in [1.165, 1.54) is 25.1 Å². The van der Waals surface area contributed by atoms with Gasteiger partial charge in [-0.3, -0.25) is 0 Å². The highest BCUT2D eigenvalue weighted by Crippen LogP contribution is 2.33. The summed E-state index contributed by atoms with van der Waals surface area (Å²) in [4.78, 5) is 0. The molecule has 3 nitrogen and oxygen atoms in total. The lowest BCUT2D eigenvalue weighted by atomic mass is 9.89. The second kappa shape index (κ2) is 5.01. The first-order valence-electron chi connectivity index (χ1n) is 5.67. The van der Waals surface area contributed by atoms with Gasteiger partial charge in [-0.2, -0.15) is 13.2 Å². The third-order valence-electron chi connectivity index (χ3n) is 3.10. The number of nitrogens with one attached hydrogen (secondary N) is 2. The van der Waals surface area contributed by atoms with Gasteiger partial charge in [-0.05, 0) is 31.2 Å². The minimum atomic E-state index is -4.44. The predicted molar refractivity (Wildman–Crippen MR) is 69.8 cm³/mol. The normalized spacial score (nSPS) is 22.1. The molecule has 0 aromatic heterocycles. The molecule has 0 spiro atoms. The van der Waals surface area contributed by atoms with Crippen LogP contribution in [0.5, 0.6) is 0 Å². The summed E-state index contributed by atoms with van der Waals surface area (Å²) in [5.41, 5.74) is 9.22. The molecule has 0 aliphatic carbocycles. The van der Waals surface area contributed by atoms with Crippen LogP contribution in [0.25, 0.3) is 0 Å². The van der Waals surface area contributed by atoms with Crippen LogP contribution in [0.3, 0.4) is 0 Å². The molecule has 0 amide bonds. The van der Waals surface area contributed by atoms with Crippen molar-refractivity contribution in [1.82, 2.24) is 10.9 Å². The molecule has 0 saturated carbocycles. The van der Waals surface area contributed by atoms with Gasteiger partial charge in [0.05, 0.1) is 5.54 Å². The Morgan fingerprint density at radius 1 is 1.30 bits per heavy atom. The first kappa shape index (κ1) is 15.3. The van der Waals surface area contributed by atoms with Gasteiger partial charge < -0.3 is 11.2 Å². The van der Waals surface area contributed by atoms with E-state index >= 15 is 0 Å². The van der Waals surface area contributed by atoms with Crippen molar-refractivity contribution in [3.8, 4) is 0 Å². The Morgan fingerprint density at radius 2 is 1.95 bits per heavy atom. The largest absolute Gasteiger partial charge is 0.409 e. The van der Waals surface area contributed by atoms with Gasteiger partial charge in [0.15, 0.2) is 0 Å². The fourth-order valence-corrected chi connectivity index (χ4v) is 2.29. The van der Waals surface area contributed by atoms with Crippen LogP contribution in [0.2, 0.25) is 0 Å². The fourth-order valence-electron chi connectivity index (χ4n) is 1.93. The summed E-state index contributed by atoms with van der Waals surface area (Å²) in [7, 11) is 0. The summed E-state index contributed by atoms with van der Waals surface area (Å²) in [5.74, 6) is -0.587. The van der Waals surface area contributed by atoms with Gasteiger partial charge >= 0.3 is 6.18 Å². The Bertz CT molecular complexity index is 554. The van der Waals surface area contributed by atoms with Crippen LogP contribution in [0.1, 0.15) is 12.5 Å². The molecule has 1 aliphatic rings. The third-order valence-corrected chi connectivity index (χ3v) is 3.59. The van der Waals surface area contributed by atoms with Gasteiger partial charge in [0.1, 0.15) is 11.9 Å². The van der Waals surface area contributed by atoms with Crippen molar-refractivity contribution in [2.24, 2.45) is 5.73 Å². The number of halogens is 5. The maximum Gasteiger partial charge on any atom is 0.409 e. The Hall–Kier alpha value is -1.12. The monoisotopic (exact) mass is 353 g/mol. The van der Waals surface area contributed by atoms with Crippen LogP contribution in [-0.4, -0.2) is 12.2 Å². The molecule has 4 N–H and O–H groups in total. The summed E-state index contributed by atoms with van der Waals surface area (Å²) in [6.45, 7) is 1.44. The van der Waals surface area contributed by atoms with E-state index in [1.54, 1.807) is 0 Å². The summed E-state index contributed by atoms with van der Waals surface area (Å²) < 4.78 is 52.2. The van der Waals surface area contributed by atoms with Gasteiger partial charge in [0, 0.05) is 15.7 Å². The van der Waals surface area contributed by atoms with E-state index in [4.69, 9.17) is 5.73 Å². The number of benzene rings is 1. The van der Waals surface area contributed by atoms with E-state index in [9.17, 15) is 17.6 Å². The number of hydrogen-bond donors (Lipinski definition) is 3. The molecule has 0 bridgehead atoms. The molecule has 2 unspecified atom stereocenters. The zero-order chi connectivity index (χ0) is 15.1. The fraction of sp³-hybridized carbons (Fsp3) is 0.333. The van der Waals surface area contributed by atoms with Crippen LogP contribution in [-0.2, 0) is 5.54 Å². The van der Waals surface area contributed by atoms with E-state index in [1.807, 2.05) is 0 Å². The van der Waals surface area contributed by atoms with Crippen molar-refractivity contribution in [3.05, 3.63) is 45.8 Å². The zero-order valence-corrected chi connectivity index (χ0v) is 11.9. The molecule has 0 radical (unpaired) electrons. The van der Waals surface area contributed by atoms with Crippen molar-refractivity contribution < 1.29 is 17.6 Å². The molecule has 1 heterocycles. The molecule has 8 heteroatoms. The maximum absolute atomic E-state index is 13.9. The molecule has 0 fully saturated rings. The average Bonchev–Trinajstić information content (AvgIpc) is 2.82. The summed E-state index contributed by atoms with van der Waals surface area (Å²) >= 11 is 3.18. The zero-order valence-electron chi connectivity index (χ0n) is 10.4. The minimum Gasteiger partial charge on any atom is -0.323 e. The van der Waals surface area contributed by atoms with Gasteiger partial charge in [-0.15, -0.1) is 0 Å². The van der Waals surface area contributed by atoms with Gasteiger partial charge in [-0.25, -0.2) is 9.82 Å². The number of rotatable bonds is 2. The Labute approximate surface area is 121 Å². The van der Waals surface area contributed by atoms with E-state index in [0.29, 0.717) is 4.47 Å². The molecular weight excluding hydrogens is 342 g/mol. The molecule has 0 saturated heterocycles. The first-order valence-corrected chi connectivity index (χ1v) is 6.46. The average molecular weight is 354 g/mol. The molecule has 2 atom stereocenters. The highest BCUT2D eigenvalue weighted by Gasteiger charge is 2.44. The third kappa shape index (κ3) is 2.82. The number of nitrogens with two attached hydrogens (primary N) is 1. The number of hydrogen-bond acceptors (Lipinski definition) is 3. The van der Waals surface area contributed by atoms with Crippen LogP contribution >= 0.6 is 15.9 Å². The van der Waals surface area contributed by atoms with E-state index in [-0.39, 0.29) is 11.3 Å². The Kier molecular flexibility index (Phi) is 3.83. The molecule has 1 aliphatic heterocycles. The lowest BCUT2D eigenvalue weighted by molar-refractivity contribution is -0.144. The standard InChI is InChI=1S/C12H12BrF4N3/c1-11(18,7-4-6(13)2-3-8(7)14)9-5-10(20-19-9)12(15,16)17/h2-5,10,19-20H,18H2,1H3. The minimum absolute atomic E-state index is 0.0665. The highest BCUT2D eigenvalue weighted by atomic mass is 79.9. The topological polar surface area (TPSA) is 50.1 Å². The maximum atomic E-state index is 13.9. The summed E-state index contributed by atoms with van der Waals surface area (Å²) in [6.07, 6.45) is -3.53.